The molecule has 8 nitrogen and oxygen atoms in total. The van der Waals surface area contributed by atoms with E-state index in [9.17, 15) is 27.6 Å². The van der Waals surface area contributed by atoms with Crippen molar-refractivity contribution in [1.82, 2.24) is 10.3 Å². The number of rotatable bonds is 7. The summed E-state index contributed by atoms with van der Waals surface area (Å²) in [6, 6.07) is 8.38. The van der Waals surface area contributed by atoms with E-state index in [4.69, 9.17) is 29.8 Å². The van der Waals surface area contributed by atoms with Crippen molar-refractivity contribution in [3.63, 3.8) is 0 Å². The zero-order chi connectivity index (χ0) is 30.2. The van der Waals surface area contributed by atoms with Crippen LogP contribution in [0.1, 0.15) is 44.7 Å². The summed E-state index contributed by atoms with van der Waals surface area (Å²) in [5, 5.41) is 2.55. The lowest BCUT2D eigenvalue weighted by Crippen LogP contribution is -2.56. The van der Waals surface area contributed by atoms with E-state index in [1.54, 1.807) is 0 Å². The van der Waals surface area contributed by atoms with Crippen molar-refractivity contribution >= 4 is 58.1 Å². The molecule has 3 aromatic rings. The van der Waals surface area contributed by atoms with Crippen molar-refractivity contribution in [3.05, 3.63) is 93.6 Å². The van der Waals surface area contributed by atoms with Gasteiger partial charge in [0.15, 0.2) is 5.69 Å². The molecule has 43 heavy (non-hydrogen) atoms. The maximum atomic E-state index is 14.6. The van der Waals surface area contributed by atoms with Crippen molar-refractivity contribution in [2.45, 2.75) is 57.2 Å². The highest BCUT2D eigenvalue weighted by Gasteiger charge is 2.49. The van der Waals surface area contributed by atoms with E-state index in [2.05, 4.69) is 15.1 Å². The first kappa shape index (κ1) is 31.8. The number of anilines is 2. The smallest absolute Gasteiger partial charge is 0.252 e. The van der Waals surface area contributed by atoms with Gasteiger partial charge >= 0.3 is 0 Å². The highest BCUT2D eigenvalue weighted by Crippen LogP contribution is 2.41. The average Bonchev–Trinajstić information content (AvgIpc) is 3.32. The summed E-state index contributed by atoms with van der Waals surface area (Å²) in [5.41, 5.74) is 0.119. The fourth-order valence-electron chi connectivity index (χ4n) is 5.20. The number of halogens is 5. The first-order valence-electron chi connectivity index (χ1n) is 12.9. The maximum absolute atomic E-state index is 14.6. The Morgan fingerprint density at radius 2 is 1.79 bits per heavy atom. The third kappa shape index (κ3) is 6.45. The summed E-state index contributed by atoms with van der Waals surface area (Å²) in [6.45, 7) is 7.30. The highest BCUT2D eigenvalue weighted by atomic mass is 35.5. The standard InChI is InChI=1S/C29H22Cl2F3N5O3.CH4/c1-35-17-10-11-36-23(13-17)39-22(8-9-24(39)40)28(42)38(19-5-2-4-16(32)12-19)26(25-20(30)6-3-7-21(25)31)27(41)37-18-14-29(33,34)15-18;/h2-7,10-13,18,22,26H,8-9,14-15H2,(H,37,41);1H4/t22-,26-;/m0./s1. The SMILES string of the molecule is C.[C-]#[N+]c1ccnc(N2C(=O)CC[C@H]2C(=O)N(c2cccc(F)c2)[C@H](C(=O)NC2CC(F)(F)C2)c2c(Cl)cccc2Cl)c1. The van der Waals surface area contributed by atoms with Gasteiger partial charge in [-0.15, -0.1) is 0 Å². The van der Waals surface area contributed by atoms with Gasteiger partial charge in [0, 0.05) is 52.8 Å². The van der Waals surface area contributed by atoms with Crippen LogP contribution in [-0.4, -0.2) is 40.7 Å². The molecule has 1 saturated heterocycles. The number of amides is 3. The molecule has 0 radical (unpaired) electrons. The van der Waals surface area contributed by atoms with Crippen molar-refractivity contribution in [2.75, 3.05) is 9.80 Å². The Labute approximate surface area is 256 Å². The molecular formula is C30H26Cl2F3N5O3. The number of nitrogens with one attached hydrogen (secondary N) is 1. The number of benzene rings is 2. The van der Waals surface area contributed by atoms with Crippen LogP contribution in [0.5, 0.6) is 0 Å². The number of carbonyl (C=O) groups is 3. The second-order valence-electron chi connectivity index (χ2n) is 10.00. The first-order valence-corrected chi connectivity index (χ1v) is 13.6. The lowest BCUT2D eigenvalue weighted by Gasteiger charge is -2.39. The summed E-state index contributed by atoms with van der Waals surface area (Å²) in [7, 11) is 0. The fraction of sp³-hybridized carbons (Fsp3) is 0.300. The molecule has 2 heterocycles. The highest BCUT2D eigenvalue weighted by molar-refractivity contribution is 6.36. The zero-order valence-corrected chi connectivity index (χ0v) is 23.2. The Bertz CT molecular complexity index is 1590. The largest absolute Gasteiger partial charge is 0.351 e. The first-order chi connectivity index (χ1) is 20.0. The third-order valence-electron chi connectivity index (χ3n) is 7.14. The molecule has 1 aliphatic carbocycles. The Morgan fingerprint density at radius 1 is 1.12 bits per heavy atom. The topological polar surface area (TPSA) is 87.0 Å². The Morgan fingerprint density at radius 3 is 2.42 bits per heavy atom. The van der Waals surface area contributed by atoms with Crippen LogP contribution in [0.15, 0.2) is 60.8 Å². The van der Waals surface area contributed by atoms with E-state index in [1.807, 2.05) is 0 Å². The predicted octanol–water partition coefficient (Wildman–Crippen LogP) is 6.90. The average molecular weight is 632 g/mol. The number of nitrogens with zero attached hydrogens (tertiary/aromatic N) is 4. The fourth-order valence-corrected chi connectivity index (χ4v) is 5.80. The molecule has 1 saturated carbocycles. The molecule has 2 fully saturated rings. The van der Waals surface area contributed by atoms with Crippen molar-refractivity contribution in [2.24, 2.45) is 0 Å². The molecule has 0 spiro atoms. The van der Waals surface area contributed by atoms with Crippen LogP contribution < -0.4 is 15.1 Å². The molecule has 2 aromatic carbocycles. The number of hydrogen-bond acceptors (Lipinski definition) is 4. The van der Waals surface area contributed by atoms with Gasteiger partial charge in [0.1, 0.15) is 23.7 Å². The van der Waals surface area contributed by atoms with E-state index < -0.39 is 60.4 Å². The second kappa shape index (κ2) is 12.6. The van der Waals surface area contributed by atoms with E-state index in [0.29, 0.717) is 0 Å². The summed E-state index contributed by atoms with van der Waals surface area (Å²) in [4.78, 5) is 51.1. The van der Waals surface area contributed by atoms with Gasteiger partial charge in [-0.3, -0.25) is 24.2 Å². The molecule has 2 aliphatic rings. The van der Waals surface area contributed by atoms with Crippen molar-refractivity contribution < 1.29 is 27.6 Å². The van der Waals surface area contributed by atoms with Crippen LogP contribution in [0.4, 0.5) is 30.4 Å². The minimum atomic E-state index is -2.94. The lowest BCUT2D eigenvalue weighted by atomic mass is 9.87. The van der Waals surface area contributed by atoms with E-state index in [-0.39, 0.29) is 53.1 Å². The van der Waals surface area contributed by atoms with Crippen LogP contribution in [0.3, 0.4) is 0 Å². The van der Waals surface area contributed by atoms with E-state index in [1.165, 1.54) is 48.7 Å². The molecule has 224 valence electrons. The predicted molar refractivity (Wildman–Crippen MR) is 157 cm³/mol. The second-order valence-corrected chi connectivity index (χ2v) is 10.8. The number of alkyl halides is 2. The summed E-state index contributed by atoms with van der Waals surface area (Å²) in [5.74, 6) is -5.72. The van der Waals surface area contributed by atoms with Crippen LogP contribution in [0.2, 0.25) is 10.0 Å². The van der Waals surface area contributed by atoms with E-state index >= 15 is 0 Å². The summed E-state index contributed by atoms with van der Waals surface area (Å²) >= 11 is 13.0. The molecule has 13 heteroatoms. The lowest BCUT2D eigenvalue weighted by molar-refractivity contribution is -0.133. The minimum Gasteiger partial charge on any atom is -0.351 e. The molecule has 3 amide bonds. The summed E-state index contributed by atoms with van der Waals surface area (Å²) < 4.78 is 41.8. The van der Waals surface area contributed by atoms with Crippen LogP contribution in [-0.2, 0) is 14.4 Å². The third-order valence-corrected chi connectivity index (χ3v) is 7.80. The van der Waals surface area contributed by atoms with Gasteiger partial charge < -0.3 is 5.32 Å². The Kier molecular flexibility index (Phi) is 9.32. The van der Waals surface area contributed by atoms with Gasteiger partial charge in [0.25, 0.3) is 11.8 Å². The number of aromatic nitrogens is 1. The molecule has 0 unspecified atom stereocenters. The molecule has 1 aliphatic heterocycles. The molecule has 1 N–H and O–H groups in total. The van der Waals surface area contributed by atoms with Gasteiger partial charge in [-0.25, -0.2) is 23.0 Å². The number of carbonyl (C=O) groups excluding carboxylic acids is 3. The van der Waals surface area contributed by atoms with Gasteiger partial charge in [-0.1, -0.05) is 42.8 Å². The molecular weight excluding hydrogens is 606 g/mol. The van der Waals surface area contributed by atoms with Crippen molar-refractivity contribution in [3.8, 4) is 0 Å². The Hall–Kier alpha value is -4.14. The number of pyridine rings is 1. The molecule has 1 aromatic heterocycles. The van der Waals surface area contributed by atoms with E-state index in [0.717, 1.165) is 21.9 Å². The van der Waals surface area contributed by atoms with Gasteiger partial charge in [-0.2, -0.15) is 0 Å². The maximum Gasteiger partial charge on any atom is 0.252 e. The Balaban J connectivity index is 0.00000423. The number of hydrogen-bond donors (Lipinski definition) is 1. The quantitative estimate of drug-likeness (QED) is 0.287. The summed E-state index contributed by atoms with van der Waals surface area (Å²) in [6.07, 6.45) is 0.118. The molecule has 5 rings (SSSR count). The van der Waals surface area contributed by atoms with Gasteiger partial charge in [0.2, 0.25) is 11.8 Å². The normalized spacial score (nSPS) is 18.2. The van der Waals surface area contributed by atoms with Crippen molar-refractivity contribution in [1.29, 1.82) is 0 Å². The zero-order valence-electron chi connectivity index (χ0n) is 21.7. The van der Waals surface area contributed by atoms with Gasteiger partial charge in [-0.05, 0) is 48.9 Å². The molecule has 2 atom stereocenters. The van der Waals surface area contributed by atoms with Crippen LogP contribution in [0, 0.1) is 12.4 Å². The van der Waals surface area contributed by atoms with Gasteiger partial charge in [0.05, 0.1) is 6.57 Å². The molecule has 0 bridgehead atoms. The van der Waals surface area contributed by atoms with Crippen LogP contribution >= 0.6 is 23.2 Å². The minimum absolute atomic E-state index is 0. The van der Waals surface area contributed by atoms with Crippen LogP contribution in [0.25, 0.3) is 4.85 Å². The monoisotopic (exact) mass is 631 g/mol.